The lowest BCUT2D eigenvalue weighted by Crippen LogP contribution is -2.05. The number of aromatic nitrogens is 3. The predicted molar refractivity (Wildman–Crippen MR) is 78.9 cm³/mol. The zero-order valence-corrected chi connectivity index (χ0v) is 11.8. The van der Waals surface area contributed by atoms with Gasteiger partial charge in [0.05, 0.1) is 17.7 Å². The first-order chi connectivity index (χ1) is 10.2. The van der Waals surface area contributed by atoms with Crippen LogP contribution in [-0.4, -0.2) is 20.7 Å². The summed E-state index contributed by atoms with van der Waals surface area (Å²) in [6.07, 6.45) is 1.92. The second-order valence-electron chi connectivity index (χ2n) is 4.97. The molecule has 3 aromatic rings. The molecule has 5 nitrogen and oxygen atoms in total. The van der Waals surface area contributed by atoms with Gasteiger partial charge >= 0.3 is 0 Å². The van der Waals surface area contributed by atoms with Crippen LogP contribution in [0.15, 0.2) is 42.6 Å². The summed E-state index contributed by atoms with van der Waals surface area (Å²) in [7, 11) is 0. The second kappa shape index (κ2) is 5.25. The number of nitriles is 1. The molecule has 0 radical (unpaired) electrons. The Morgan fingerprint density at radius 2 is 2.05 bits per heavy atom. The molecular weight excluding hydrogens is 264 g/mol. The Morgan fingerprint density at radius 1 is 1.19 bits per heavy atom. The fraction of sp³-hybridized carbons (Fsp3) is 0.188. The predicted octanol–water partition coefficient (Wildman–Crippen LogP) is 3.06. The van der Waals surface area contributed by atoms with Crippen molar-refractivity contribution in [2.24, 2.45) is 0 Å². The van der Waals surface area contributed by atoms with Crippen LogP contribution in [0.4, 0.5) is 0 Å². The smallest absolute Gasteiger partial charge is 0.168 e. The fourth-order valence-corrected chi connectivity index (χ4v) is 2.14. The number of nitrogens with zero attached hydrogens (tertiary/aromatic N) is 4. The lowest BCUT2D eigenvalue weighted by Gasteiger charge is -2.10. The van der Waals surface area contributed by atoms with E-state index in [2.05, 4.69) is 16.3 Å². The molecule has 0 aliphatic rings. The molecule has 1 aromatic carbocycles. The quantitative estimate of drug-likeness (QED) is 0.738. The van der Waals surface area contributed by atoms with Crippen LogP contribution in [0.5, 0.6) is 5.75 Å². The summed E-state index contributed by atoms with van der Waals surface area (Å²) in [5, 5.41) is 17.2. The van der Waals surface area contributed by atoms with Gasteiger partial charge in [0.1, 0.15) is 5.75 Å². The Morgan fingerprint density at radius 3 is 2.81 bits per heavy atom. The molecule has 0 saturated carbocycles. The largest absolute Gasteiger partial charge is 0.491 e. The van der Waals surface area contributed by atoms with Crippen LogP contribution >= 0.6 is 0 Å². The normalized spacial score (nSPS) is 10.8. The topological polar surface area (TPSA) is 63.2 Å². The number of fused-ring (bicyclic) bond motifs is 1. The first-order valence-electron chi connectivity index (χ1n) is 6.69. The van der Waals surface area contributed by atoms with E-state index in [1.807, 2.05) is 42.5 Å². The average molecular weight is 278 g/mol. The van der Waals surface area contributed by atoms with Crippen molar-refractivity contribution in [3.05, 3.63) is 48.2 Å². The zero-order chi connectivity index (χ0) is 14.8. The Balaban J connectivity index is 2.06. The first-order valence-corrected chi connectivity index (χ1v) is 6.69. The molecule has 0 aliphatic heterocycles. The fourth-order valence-electron chi connectivity index (χ4n) is 2.14. The summed E-state index contributed by atoms with van der Waals surface area (Å²) in [4.78, 5) is 0. The van der Waals surface area contributed by atoms with Crippen molar-refractivity contribution >= 4 is 5.65 Å². The SMILES string of the molecule is CC(C)Oc1cccc(-c2nnc3cc(C#N)ccn23)c1. The van der Waals surface area contributed by atoms with Gasteiger partial charge in [-0.3, -0.25) is 4.40 Å². The molecule has 0 unspecified atom stereocenters. The lowest BCUT2D eigenvalue weighted by atomic mass is 10.2. The van der Waals surface area contributed by atoms with E-state index in [9.17, 15) is 0 Å². The van der Waals surface area contributed by atoms with Gasteiger partial charge in [0.15, 0.2) is 11.5 Å². The minimum absolute atomic E-state index is 0.119. The molecular formula is C16H14N4O. The monoisotopic (exact) mass is 278 g/mol. The Bertz CT molecular complexity index is 830. The van der Waals surface area contributed by atoms with Crippen LogP contribution in [-0.2, 0) is 0 Å². The highest BCUT2D eigenvalue weighted by molar-refractivity contribution is 5.62. The van der Waals surface area contributed by atoms with Gasteiger partial charge in [-0.15, -0.1) is 10.2 Å². The van der Waals surface area contributed by atoms with E-state index in [0.29, 0.717) is 11.2 Å². The highest BCUT2D eigenvalue weighted by atomic mass is 16.5. The van der Waals surface area contributed by atoms with Crippen LogP contribution in [0.25, 0.3) is 17.0 Å². The molecule has 5 heteroatoms. The van der Waals surface area contributed by atoms with Crippen LogP contribution in [0.2, 0.25) is 0 Å². The van der Waals surface area contributed by atoms with Crippen molar-refractivity contribution in [2.45, 2.75) is 20.0 Å². The maximum Gasteiger partial charge on any atom is 0.168 e. The molecule has 21 heavy (non-hydrogen) atoms. The van der Waals surface area contributed by atoms with Crippen molar-refractivity contribution in [1.82, 2.24) is 14.6 Å². The Labute approximate surface area is 122 Å². The van der Waals surface area contributed by atoms with Gasteiger partial charge in [-0.05, 0) is 32.0 Å². The van der Waals surface area contributed by atoms with E-state index in [1.54, 1.807) is 18.3 Å². The van der Waals surface area contributed by atoms with Gasteiger partial charge in [-0.25, -0.2) is 0 Å². The van der Waals surface area contributed by atoms with Gasteiger partial charge < -0.3 is 4.74 Å². The van der Waals surface area contributed by atoms with E-state index in [0.717, 1.165) is 17.1 Å². The number of rotatable bonds is 3. The first kappa shape index (κ1) is 13.1. The molecule has 0 bridgehead atoms. The van der Waals surface area contributed by atoms with E-state index in [4.69, 9.17) is 10.00 Å². The maximum absolute atomic E-state index is 8.92. The third-order valence-electron chi connectivity index (χ3n) is 3.00. The standard InChI is InChI=1S/C16H14N4O/c1-11(2)21-14-5-3-4-13(9-14)16-19-18-15-8-12(10-17)6-7-20(15)16/h3-9,11H,1-2H3. The summed E-state index contributed by atoms with van der Waals surface area (Å²) >= 11 is 0. The van der Waals surface area contributed by atoms with Crippen LogP contribution in [0.3, 0.4) is 0 Å². The van der Waals surface area contributed by atoms with Gasteiger partial charge in [0, 0.05) is 17.8 Å². The van der Waals surface area contributed by atoms with Crippen molar-refractivity contribution in [2.75, 3.05) is 0 Å². The third-order valence-corrected chi connectivity index (χ3v) is 3.00. The number of ether oxygens (including phenoxy) is 1. The van der Waals surface area contributed by atoms with Crippen molar-refractivity contribution in [1.29, 1.82) is 5.26 Å². The third kappa shape index (κ3) is 2.56. The van der Waals surface area contributed by atoms with Gasteiger partial charge in [0.2, 0.25) is 0 Å². The van der Waals surface area contributed by atoms with Crippen LogP contribution in [0, 0.1) is 11.3 Å². The number of benzene rings is 1. The van der Waals surface area contributed by atoms with Crippen molar-refractivity contribution < 1.29 is 4.74 Å². The average Bonchev–Trinajstić information content (AvgIpc) is 2.89. The number of hydrogen-bond donors (Lipinski definition) is 0. The number of hydrogen-bond acceptors (Lipinski definition) is 4. The van der Waals surface area contributed by atoms with Crippen molar-refractivity contribution in [3.63, 3.8) is 0 Å². The summed E-state index contributed by atoms with van der Waals surface area (Å²) in [5.74, 6) is 1.52. The van der Waals surface area contributed by atoms with Gasteiger partial charge in [0.25, 0.3) is 0 Å². The zero-order valence-electron chi connectivity index (χ0n) is 11.8. The lowest BCUT2D eigenvalue weighted by molar-refractivity contribution is 0.242. The second-order valence-corrected chi connectivity index (χ2v) is 4.97. The molecule has 104 valence electrons. The molecule has 0 atom stereocenters. The summed E-state index contributed by atoms with van der Waals surface area (Å²) in [6.45, 7) is 3.98. The molecule has 2 aromatic heterocycles. The minimum atomic E-state index is 0.119. The van der Waals surface area contributed by atoms with Crippen LogP contribution < -0.4 is 4.74 Å². The molecule has 0 fully saturated rings. The molecule has 0 saturated heterocycles. The Kier molecular flexibility index (Phi) is 3.28. The van der Waals surface area contributed by atoms with E-state index in [-0.39, 0.29) is 6.10 Å². The van der Waals surface area contributed by atoms with Crippen LogP contribution in [0.1, 0.15) is 19.4 Å². The summed E-state index contributed by atoms with van der Waals surface area (Å²) < 4.78 is 7.56. The van der Waals surface area contributed by atoms with Crippen molar-refractivity contribution in [3.8, 4) is 23.2 Å². The molecule has 0 aliphatic carbocycles. The van der Waals surface area contributed by atoms with E-state index < -0.39 is 0 Å². The molecule has 3 rings (SSSR count). The summed E-state index contributed by atoms with van der Waals surface area (Å²) in [6, 6.07) is 13.3. The maximum atomic E-state index is 8.92. The van der Waals surface area contributed by atoms with Gasteiger partial charge in [-0.2, -0.15) is 5.26 Å². The molecule has 0 N–H and O–H groups in total. The minimum Gasteiger partial charge on any atom is -0.491 e. The van der Waals surface area contributed by atoms with Gasteiger partial charge in [-0.1, -0.05) is 12.1 Å². The number of pyridine rings is 1. The molecule has 2 heterocycles. The molecule has 0 amide bonds. The summed E-state index contributed by atoms with van der Waals surface area (Å²) in [5.41, 5.74) is 2.14. The van der Waals surface area contributed by atoms with E-state index >= 15 is 0 Å². The Hall–Kier alpha value is -2.87. The highest BCUT2D eigenvalue weighted by Crippen LogP contribution is 2.23. The molecule has 0 spiro atoms. The van der Waals surface area contributed by atoms with E-state index in [1.165, 1.54) is 0 Å². The highest BCUT2D eigenvalue weighted by Gasteiger charge is 2.09.